The van der Waals surface area contributed by atoms with E-state index in [0.717, 1.165) is 0 Å². The van der Waals surface area contributed by atoms with Crippen LogP contribution in [0.1, 0.15) is 43.6 Å². The lowest BCUT2D eigenvalue weighted by Crippen LogP contribution is -2.33. The van der Waals surface area contributed by atoms with Crippen LogP contribution in [0, 0.1) is 0 Å². The number of amides is 3. The SMILES string of the molecule is CC(Oc1ccc(C(C)(C)C)cc1)C(=O)Nc1ccc(C(=O)NCC(N)=O)cc1. The number of nitrogens with one attached hydrogen (secondary N) is 2. The van der Waals surface area contributed by atoms with E-state index in [2.05, 4.69) is 31.4 Å². The highest BCUT2D eigenvalue weighted by Gasteiger charge is 2.17. The zero-order valence-corrected chi connectivity index (χ0v) is 17.1. The normalized spacial score (nSPS) is 12.0. The Balaban J connectivity index is 1.92. The fraction of sp³-hybridized carbons (Fsp3) is 0.318. The third-order valence-electron chi connectivity index (χ3n) is 4.24. The lowest BCUT2D eigenvalue weighted by atomic mass is 9.87. The maximum Gasteiger partial charge on any atom is 0.265 e. The monoisotopic (exact) mass is 397 g/mol. The van der Waals surface area contributed by atoms with Gasteiger partial charge in [0, 0.05) is 11.3 Å². The summed E-state index contributed by atoms with van der Waals surface area (Å²) in [4.78, 5) is 34.9. The highest BCUT2D eigenvalue weighted by atomic mass is 16.5. The van der Waals surface area contributed by atoms with Crippen LogP contribution in [0.4, 0.5) is 5.69 Å². The molecule has 7 nitrogen and oxygen atoms in total. The first-order valence-corrected chi connectivity index (χ1v) is 9.31. The van der Waals surface area contributed by atoms with E-state index in [9.17, 15) is 14.4 Å². The molecule has 0 aliphatic carbocycles. The summed E-state index contributed by atoms with van der Waals surface area (Å²) in [6, 6.07) is 14.0. The minimum atomic E-state index is -0.700. The van der Waals surface area contributed by atoms with Crippen LogP contribution in [-0.4, -0.2) is 30.4 Å². The Hall–Kier alpha value is -3.35. The lowest BCUT2D eigenvalue weighted by molar-refractivity contribution is -0.122. The van der Waals surface area contributed by atoms with Crippen LogP contribution in [0.2, 0.25) is 0 Å². The molecule has 0 aromatic heterocycles. The Morgan fingerprint density at radius 2 is 1.59 bits per heavy atom. The fourth-order valence-corrected chi connectivity index (χ4v) is 2.51. The van der Waals surface area contributed by atoms with Crippen LogP contribution in [-0.2, 0) is 15.0 Å². The molecule has 0 spiro atoms. The van der Waals surface area contributed by atoms with E-state index < -0.39 is 17.9 Å². The number of hydrogen-bond acceptors (Lipinski definition) is 4. The molecule has 154 valence electrons. The Morgan fingerprint density at radius 1 is 1.00 bits per heavy atom. The molecule has 0 bridgehead atoms. The minimum absolute atomic E-state index is 0.0461. The van der Waals surface area contributed by atoms with Gasteiger partial charge in [0.1, 0.15) is 5.75 Å². The number of carbonyl (C=O) groups is 3. The van der Waals surface area contributed by atoms with Gasteiger partial charge in [0.25, 0.3) is 11.8 Å². The molecule has 0 aliphatic rings. The summed E-state index contributed by atoms with van der Waals surface area (Å²) in [7, 11) is 0. The predicted octanol–water partition coefficient (Wildman–Crippen LogP) is 2.61. The molecule has 7 heteroatoms. The Labute approximate surface area is 170 Å². The molecule has 2 aromatic rings. The molecule has 1 atom stereocenters. The topological polar surface area (TPSA) is 111 Å². The number of anilines is 1. The van der Waals surface area contributed by atoms with Crippen molar-refractivity contribution in [2.45, 2.75) is 39.2 Å². The molecule has 1 unspecified atom stereocenters. The number of primary amides is 1. The highest BCUT2D eigenvalue weighted by Crippen LogP contribution is 2.24. The third kappa shape index (κ3) is 6.64. The van der Waals surface area contributed by atoms with Crippen molar-refractivity contribution in [3.05, 3.63) is 59.7 Å². The average molecular weight is 397 g/mol. The number of carbonyl (C=O) groups excluding carboxylic acids is 3. The molecule has 0 fully saturated rings. The van der Waals surface area contributed by atoms with Gasteiger partial charge in [-0.25, -0.2) is 0 Å². The summed E-state index contributed by atoms with van der Waals surface area (Å²) in [6.45, 7) is 7.82. The molecule has 0 saturated heterocycles. The van der Waals surface area contributed by atoms with Crippen molar-refractivity contribution in [1.82, 2.24) is 5.32 Å². The van der Waals surface area contributed by atoms with Gasteiger partial charge in [-0.1, -0.05) is 32.9 Å². The van der Waals surface area contributed by atoms with Crippen LogP contribution in [0.25, 0.3) is 0 Å². The summed E-state index contributed by atoms with van der Waals surface area (Å²) in [5, 5.41) is 5.14. The molecule has 3 amide bonds. The summed E-state index contributed by atoms with van der Waals surface area (Å²) in [5.74, 6) is -0.737. The second-order valence-electron chi connectivity index (χ2n) is 7.75. The lowest BCUT2D eigenvalue weighted by Gasteiger charge is -2.20. The van der Waals surface area contributed by atoms with Gasteiger partial charge in [-0.15, -0.1) is 0 Å². The summed E-state index contributed by atoms with van der Waals surface area (Å²) >= 11 is 0. The van der Waals surface area contributed by atoms with Gasteiger partial charge < -0.3 is 21.1 Å². The molecule has 2 aromatic carbocycles. The van der Waals surface area contributed by atoms with E-state index in [1.807, 2.05) is 24.3 Å². The second-order valence-corrected chi connectivity index (χ2v) is 7.75. The van der Waals surface area contributed by atoms with Gasteiger partial charge in [-0.05, 0) is 54.3 Å². The zero-order chi connectivity index (χ0) is 21.6. The quantitative estimate of drug-likeness (QED) is 0.667. The number of rotatable bonds is 7. The van der Waals surface area contributed by atoms with Crippen LogP contribution in [0.15, 0.2) is 48.5 Å². The maximum atomic E-state index is 12.4. The average Bonchev–Trinajstić information content (AvgIpc) is 2.66. The van der Waals surface area contributed by atoms with E-state index in [-0.39, 0.29) is 17.9 Å². The van der Waals surface area contributed by atoms with E-state index >= 15 is 0 Å². The number of ether oxygens (including phenoxy) is 1. The van der Waals surface area contributed by atoms with Crippen LogP contribution >= 0.6 is 0 Å². The van der Waals surface area contributed by atoms with Crippen molar-refractivity contribution in [1.29, 1.82) is 0 Å². The van der Waals surface area contributed by atoms with Crippen molar-refractivity contribution in [2.24, 2.45) is 5.73 Å². The fourth-order valence-electron chi connectivity index (χ4n) is 2.51. The largest absolute Gasteiger partial charge is 0.481 e. The molecule has 0 radical (unpaired) electrons. The van der Waals surface area contributed by atoms with Gasteiger partial charge in [0.05, 0.1) is 6.54 Å². The van der Waals surface area contributed by atoms with Crippen molar-refractivity contribution in [3.63, 3.8) is 0 Å². The van der Waals surface area contributed by atoms with Gasteiger partial charge >= 0.3 is 0 Å². The predicted molar refractivity (Wildman–Crippen MR) is 112 cm³/mol. The van der Waals surface area contributed by atoms with Gasteiger partial charge in [0.2, 0.25) is 5.91 Å². The van der Waals surface area contributed by atoms with Crippen LogP contribution < -0.4 is 21.1 Å². The summed E-state index contributed by atoms with van der Waals surface area (Å²) in [5.41, 5.74) is 7.10. The first-order chi connectivity index (χ1) is 13.6. The van der Waals surface area contributed by atoms with E-state index in [4.69, 9.17) is 10.5 Å². The Morgan fingerprint density at radius 3 is 2.10 bits per heavy atom. The summed E-state index contributed by atoms with van der Waals surface area (Å²) < 4.78 is 5.71. The van der Waals surface area contributed by atoms with Gasteiger partial charge in [0.15, 0.2) is 6.10 Å². The highest BCUT2D eigenvalue weighted by molar-refractivity contribution is 5.98. The van der Waals surface area contributed by atoms with Gasteiger partial charge in [-0.2, -0.15) is 0 Å². The third-order valence-corrected chi connectivity index (χ3v) is 4.24. The molecule has 0 aliphatic heterocycles. The molecule has 4 N–H and O–H groups in total. The molecular weight excluding hydrogens is 370 g/mol. The Kier molecular flexibility index (Phi) is 6.98. The van der Waals surface area contributed by atoms with E-state index in [1.54, 1.807) is 31.2 Å². The van der Waals surface area contributed by atoms with Crippen molar-refractivity contribution < 1.29 is 19.1 Å². The van der Waals surface area contributed by atoms with Crippen LogP contribution in [0.3, 0.4) is 0 Å². The van der Waals surface area contributed by atoms with Crippen molar-refractivity contribution in [2.75, 3.05) is 11.9 Å². The minimum Gasteiger partial charge on any atom is -0.481 e. The second kappa shape index (κ2) is 9.23. The molecule has 29 heavy (non-hydrogen) atoms. The zero-order valence-electron chi connectivity index (χ0n) is 17.1. The number of hydrogen-bond donors (Lipinski definition) is 3. The first kappa shape index (κ1) is 21.9. The standard InChI is InChI=1S/C22H27N3O4/c1-14(29-18-11-7-16(8-12-18)22(2,3)4)20(27)25-17-9-5-15(6-10-17)21(28)24-13-19(23)26/h5-12,14H,13H2,1-4H3,(H2,23,26)(H,24,28)(H,25,27). The van der Waals surface area contributed by atoms with E-state index in [1.165, 1.54) is 5.56 Å². The molecular formula is C22H27N3O4. The Bertz CT molecular complexity index is 868. The molecule has 0 saturated carbocycles. The maximum absolute atomic E-state index is 12.4. The molecule has 2 rings (SSSR count). The van der Waals surface area contributed by atoms with Crippen molar-refractivity contribution in [3.8, 4) is 5.75 Å². The number of benzene rings is 2. The first-order valence-electron chi connectivity index (χ1n) is 9.31. The smallest absolute Gasteiger partial charge is 0.265 e. The van der Waals surface area contributed by atoms with Crippen LogP contribution in [0.5, 0.6) is 5.75 Å². The molecule has 0 heterocycles. The van der Waals surface area contributed by atoms with E-state index in [0.29, 0.717) is 17.0 Å². The summed E-state index contributed by atoms with van der Waals surface area (Å²) in [6.07, 6.45) is -0.700. The van der Waals surface area contributed by atoms with Gasteiger partial charge in [-0.3, -0.25) is 14.4 Å². The van der Waals surface area contributed by atoms with Crippen molar-refractivity contribution >= 4 is 23.4 Å². The number of nitrogens with two attached hydrogens (primary N) is 1.